The zero-order valence-corrected chi connectivity index (χ0v) is 28.3. The molecule has 4 heterocycles. The number of aryl methyl sites for hydroxylation is 1. The summed E-state index contributed by atoms with van der Waals surface area (Å²) in [5, 5.41) is 0. The topological polar surface area (TPSA) is 98.8 Å². The molecular formula is C40H39N5O4. The van der Waals surface area contributed by atoms with Gasteiger partial charge in [-0.25, -0.2) is 9.98 Å². The molecule has 0 N–H and O–H groups in total. The number of fused-ring (bicyclic) bond motifs is 3. The van der Waals surface area contributed by atoms with Crippen molar-refractivity contribution in [2.45, 2.75) is 46.6 Å². The van der Waals surface area contributed by atoms with Gasteiger partial charge in [-0.05, 0) is 47.6 Å². The lowest BCUT2D eigenvalue weighted by atomic mass is 9.90. The first-order valence-electron chi connectivity index (χ1n) is 16.6. The first-order valence-corrected chi connectivity index (χ1v) is 16.6. The van der Waals surface area contributed by atoms with Gasteiger partial charge in [0.15, 0.2) is 0 Å². The molecule has 1 aliphatic heterocycles. The predicted molar refractivity (Wildman–Crippen MR) is 191 cm³/mol. The van der Waals surface area contributed by atoms with Crippen LogP contribution in [0.4, 0.5) is 11.5 Å². The van der Waals surface area contributed by atoms with E-state index in [4.69, 9.17) is 14.7 Å². The van der Waals surface area contributed by atoms with Crippen molar-refractivity contribution in [1.29, 1.82) is 0 Å². The van der Waals surface area contributed by atoms with Crippen LogP contribution < -0.4 is 10.5 Å². The number of benzene rings is 2. The van der Waals surface area contributed by atoms with E-state index in [-0.39, 0.29) is 35.1 Å². The quantitative estimate of drug-likeness (QED) is 0.144. The number of pyridine rings is 2. The molecule has 3 aromatic heterocycles. The minimum Gasteiger partial charge on any atom is -0.466 e. The van der Waals surface area contributed by atoms with Crippen LogP contribution in [0.1, 0.15) is 59.2 Å². The SMILES string of the molecule is CC(=O)OCCc1c(-c2cc(N=C(c3ccccc3)c3ccccc3)c(=O)n(C)c2)ccnc1N1CCn2c(cc3c2CC(C)(C)C3)C1=O. The molecule has 0 saturated carbocycles. The summed E-state index contributed by atoms with van der Waals surface area (Å²) in [7, 11) is 1.71. The van der Waals surface area contributed by atoms with E-state index < -0.39 is 0 Å². The van der Waals surface area contributed by atoms with Crippen molar-refractivity contribution >= 4 is 29.1 Å². The minimum atomic E-state index is -0.385. The molecule has 0 fully saturated rings. The summed E-state index contributed by atoms with van der Waals surface area (Å²) in [5.74, 6) is 0.0399. The van der Waals surface area contributed by atoms with Gasteiger partial charge in [0.1, 0.15) is 17.2 Å². The Hall–Kier alpha value is -5.57. The monoisotopic (exact) mass is 653 g/mol. The largest absolute Gasteiger partial charge is 0.466 e. The van der Waals surface area contributed by atoms with Crippen molar-refractivity contribution in [3.8, 4) is 11.1 Å². The molecule has 5 aromatic rings. The molecule has 248 valence electrons. The van der Waals surface area contributed by atoms with Crippen LogP contribution in [0.5, 0.6) is 0 Å². The third-order valence-electron chi connectivity index (χ3n) is 9.37. The Morgan fingerprint density at radius 2 is 1.63 bits per heavy atom. The van der Waals surface area contributed by atoms with Crippen molar-refractivity contribution in [2.75, 3.05) is 18.1 Å². The number of carbonyl (C=O) groups excluding carboxylic acids is 2. The van der Waals surface area contributed by atoms with Gasteiger partial charge in [-0.2, -0.15) is 0 Å². The molecule has 0 bridgehead atoms. The molecular weight excluding hydrogens is 614 g/mol. The van der Waals surface area contributed by atoms with Crippen molar-refractivity contribution in [3.63, 3.8) is 0 Å². The second-order valence-electron chi connectivity index (χ2n) is 13.6. The van der Waals surface area contributed by atoms with Gasteiger partial charge in [0, 0.05) is 73.8 Å². The van der Waals surface area contributed by atoms with E-state index in [1.165, 1.54) is 22.7 Å². The number of aromatic nitrogens is 3. The summed E-state index contributed by atoms with van der Waals surface area (Å²) in [5.41, 5.74) is 8.12. The van der Waals surface area contributed by atoms with Crippen LogP contribution in [-0.2, 0) is 42.4 Å². The van der Waals surface area contributed by atoms with Gasteiger partial charge in [0.05, 0.1) is 12.3 Å². The molecule has 7 rings (SSSR count). The highest BCUT2D eigenvalue weighted by Gasteiger charge is 2.37. The van der Waals surface area contributed by atoms with Gasteiger partial charge in [0.25, 0.3) is 11.5 Å². The second kappa shape index (κ2) is 12.8. The van der Waals surface area contributed by atoms with Crippen LogP contribution in [0, 0.1) is 5.41 Å². The molecule has 9 heteroatoms. The van der Waals surface area contributed by atoms with Gasteiger partial charge in [0.2, 0.25) is 0 Å². The van der Waals surface area contributed by atoms with Crippen LogP contribution in [-0.4, -0.2) is 44.9 Å². The zero-order chi connectivity index (χ0) is 34.3. The number of aliphatic imine (C=N–C) groups is 1. The van der Waals surface area contributed by atoms with Crippen LogP contribution in [0.25, 0.3) is 11.1 Å². The van der Waals surface area contributed by atoms with Crippen LogP contribution in [0.15, 0.2) is 101 Å². The molecule has 0 saturated heterocycles. The Morgan fingerprint density at radius 3 is 2.31 bits per heavy atom. The van der Waals surface area contributed by atoms with Gasteiger partial charge < -0.3 is 13.9 Å². The first kappa shape index (κ1) is 32.0. The smallest absolute Gasteiger partial charge is 0.302 e. The van der Waals surface area contributed by atoms with Gasteiger partial charge in [-0.3, -0.25) is 19.3 Å². The fourth-order valence-electron chi connectivity index (χ4n) is 7.17. The van der Waals surface area contributed by atoms with Gasteiger partial charge >= 0.3 is 5.97 Å². The Balaban J connectivity index is 1.33. The van der Waals surface area contributed by atoms with Crippen LogP contribution in [0.2, 0.25) is 0 Å². The molecule has 0 atom stereocenters. The van der Waals surface area contributed by atoms with Crippen LogP contribution >= 0.6 is 0 Å². The molecule has 0 unspecified atom stereocenters. The number of rotatable bonds is 8. The van der Waals surface area contributed by atoms with E-state index in [1.807, 2.05) is 66.7 Å². The standard InChI is InChI=1S/C40H39N5O4/c1-26(46)49-20-16-32-31(15-17-41-37(32)45-19-18-44-34(39(45)48)22-29-23-40(2,3)24-35(29)44)30-21-33(38(47)43(4)25-30)42-36(27-11-7-5-8-12-27)28-13-9-6-10-14-28/h5-15,17,21-22,25H,16,18-20,23-24H2,1-4H3. The summed E-state index contributed by atoms with van der Waals surface area (Å²) in [6, 6.07) is 25.3. The summed E-state index contributed by atoms with van der Waals surface area (Å²) in [6.45, 7) is 7.16. The van der Waals surface area contributed by atoms with E-state index in [0.717, 1.165) is 40.7 Å². The maximum absolute atomic E-state index is 14.1. The highest BCUT2D eigenvalue weighted by atomic mass is 16.5. The molecule has 0 radical (unpaired) electrons. The van der Waals surface area contributed by atoms with Crippen molar-refractivity contribution < 1.29 is 14.3 Å². The van der Waals surface area contributed by atoms with Crippen molar-refractivity contribution in [3.05, 3.63) is 135 Å². The van der Waals surface area contributed by atoms with E-state index >= 15 is 0 Å². The predicted octanol–water partition coefficient (Wildman–Crippen LogP) is 6.31. The van der Waals surface area contributed by atoms with Crippen molar-refractivity contribution in [2.24, 2.45) is 17.5 Å². The lowest BCUT2D eigenvalue weighted by Gasteiger charge is -2.31. The molecule has 0 spiro atoms. The highest BCUT2D eigenvalue weighted by Crippen LogP contribution is 2.40. The minimum absolute atomic E-state index is 0.0991. The normalized spacial score (nSPS) is 14.7. The number of esters is 1. The molecule has 1 aliphatic carbocycles. The van der Waals surface area contributed by atoms with Crippen LogP contribution in [0.3, 0.4) is 0 Å². The maximum atomic E-state index is 14.1. The Labute approximate surface area is 285 Å². The Kier molecular flexibility index (Phi) is 8.36. The fourth-order valence-corrected chi connectivity index (χ4v) is 7.17. The van der Waals surface area contributed by atoms with Gasteiger partial charge in [-0.1, -0.05) is 74.5 Å². The average Bonchev–Trinajstić information content (AvgIpc) is 3.58. The Morgan fingerprint density at radius 1 is 0.939 bits per heavy atom. The lowest BCUT2D eigenvalue weighted by molar-refractivity contribution is -0.140. The third kappa shape index (κ3) is 6.24. The molecule has 9 nitrogen and oxygen atoms in total. The summed E-state index contributed by atoms with van der Waals surface area (Å²) >= 11 is 0. The number of amides is 1. The average molecular weight is 654 g/mol. The summed E-state index contributed by atoms with van der Waals surface area (Å²) < 4.78 is 9.10. The molecule has 49 heavy (non-hydrogen) atoms. The third-order valence-corrected chi connectivity index (χ3v) is 9.37. The number of hydrogen-bond acceptors (Lipinski definition) is 6. The van der Waals surface area contributed by atoms with E-state index in [2.05, 4.69) is 24.5 Å². The highest BCUT2D eigenvalue weighted by molar-refractivity contribution is 6.14. The van der Waals surface area contributed by atoms with E-state index in [1.54, 1.807) is 30.4 Å². The van der Waals surface area contributed by atoms with E-state index in [0.29, 0.717) is 36.7 Å². The van der Waals surface area contributed by atoms with E-state index in [9.17, 15) is 14.4 Å². The number of carbonyl (C=O) groups is 2. The van der Waals surface area contributed by atoms with Gasteiger partial charge in [-0.15, -0.1) is 0 Å². The second-order valence-corrected chi connectivity index (χ2v) is 13.6. The number of nitrogens with zero attached hydrogens (tertiary/aromatic N) is 5. The number of hydrogen-bond donors (Lipinski definition) is 0. The summed E-state index contributed by atoms with van der Waals surface area (Å²) in [4.78, 5) is 51.0. The number of ether oxygens (including phenoxy) is 1. The van der Waals surface area contributed by atoms with Crippen molar-refractivity contribution in [1.82, 2.24) is 14.1 Å². The maximum Gasteiger partial charge on any atom is 0.302 e. The lowest BCUT2D eigenvalue weighted by Crippen LogP contribution is -2.41. The first-order chi connectivity index (χ1) is 23.6. The zero-order valence-electron chi connectivity index (χ0n) is 28.3. The molecule has 2 aliphatic rings. The molecule has 2 aromatic carbocycles. The number of anilines is 1. The Bertz CT molecular complexity index is 2120. The summed E-state index contributed by atoms with van der Waals surface area (Å²) in [6.07, 6.45) is 5.69. The fraction of sp³-hybridized carbons (Fsp3) is 0.275. The molecule has 1 amide bonds.